The van der Waals surface area contributed by atoms with Crippen LogP contribution in [0.1, 0.15) is 25.3 Å². The van der Waals surface area contributed by atoms with E-state index in [0.717, 1.165) is 4.90 Å². The highest BCUT2D eigenvalue weighted by atomic mass is 32.2. The normalized spacial score (nSPS) is 18.8. The van der Waals surface area contributed by atoms with E-state index in [0.29, 0.717) is 13.1 Å². The molecule has 0 aromatic heterocycles. The predicted molar refractivity (Wildman–Crippen MR) is 78.3 cm³/mol. The molecule has 1 aliphatic heterocycles. The van der Waals surface area contributed by atoms with Gasteiger partial charge in [0, 0.05) is 30.8 Å². The lowest BCUT2D eigenvalue weighted by Crippen LogP contribution is -2.45. The first-order chi connectivity index (χ1) is 9.53. The van der Waals surface area contributed by atoms with Crippen molar-refractivity contribution in [1.29, 1.82) is 0 Å². The summed E-state index contributed by atoms with van der Waals surface area (Å²) in [5, 5.41) is 0. The summed E-state index contributed by atoms with van der Waals surface area (Å²) in [4.78, 5) is 12.7. The summed E-state index contributed by atoms with van der Waals surface area (Å²) in [6.07, 6.45) is 0.398. The fourth-order valence-electron chi connectivity index (χ4n) is 2.14. The zero-order valence-corrected chi connectivity index (χ0v) is 12.7. The quantitative estimate of drug-likeness (QED) is 0.629. The number of rotatable bonds is 4. The fraction of sp³-hybridized carbons (Fsp3) is 0.533. The van der Waals surface area contributed by atoms with Gasteiger partial charge in [-0.1, -0.05) is 17.7 Å². The average Bonchev–Trinajstić information content (AvgIpc) is 2.44. The van der Waals surface area contributed by atoms with Gasteiger partial charge < -0.3 is 4.74 Å². The lowest BCUT2D eigenvalue weighted by atomic mass is 9.95. The average molecular weight is 297 g/mol. The van der Waals surface area contributed by atoms with Gasteiger partial charge in [0.25, 0.3) is 0 Å². The number of carbonyl (C=O) groups is 1. The number of ether oxygens (including phenoxy) is 1. The Morgan fingerprint density at radius 3 is 2.50 bits per heavy atom. The first-order valence-corrected chi connectivity index (χ1v) is 7.66. The van der Waals surface area contributed by atoms with E-state index in [1.54, 1.807) is 18.9 Å². The van der Waals surface area contributed by atoms with Crippen molar-refractivity contribution in [3.63, 3.8) is 0 Å². The molecule has 0 unspecified atom stereocenters. The summed E-state index contributed by atoms with van der Waals surface area (Å²) in [6.45, 7) is 5.07. The van der Waals surface area contributed by atoms with E-state index < -0.39 is 11.6 Å². The Labute approximate surface area is 123 Å². The number of halogens is 1. The Hall–Kier alpha value is -1.07. The molecule has 1 saturated heterocycles. The third-order valence-corrected chi connectivity index (χ3v) is 4.52. The van der Waals surface area contributed by atoms with Crippen molar-refractivity contribution in [1.82, 2.24) is 4.31 Å². The lowest BCUT2D eigenvalue weighted by Gasteiger charge is -2.33. The second-order valence-electron chi connectivity index (χ2n) is 5.02. The molecule has 1 aliphatic rings. The monoisotopic (exact) mass is 297 g/mol. The molecule has 0 saturated carbocycles. The van der Waals surface area contributed by atoms with Crippen LogP contribution in [-0.4, -0.2) is 35.6 Å². The number of aryl methyl sites for hydroxylation is 1. The zero-order chi connectivity index (χ0) is 14.6. The third kappa shape index (κ3) is 3.73. The molecular formula is C15H20FNO2S. The largest absolute Gasteiger partial charge is 0.464 e. The summed E-state index contributed by atoms with van der Waals surface area (Å²) in [7, 11) is 0. The van der Waals surface area contributed by atoms with Crippen molar-refractivity contribution in [2.45, 2.75) is 37.3 Å². The number of alkyl halides is 1. The molecule has 1 heterocycles. The Balaban J connectivity index is 1.88. The highest BCUT2D eigenvalue weighted by Crippen LogP contribution is 2.33. The molecule has 3 nitrogen and oxygen atoms in total. The number of piperidine rings is 1. The van der Waals surface area contributed by atoms with E-state index in [1.165, 1.54) is 5.56 Å². The molecule has 0 aliphatic carbocycles. The number of esters is 1. The summed E-state index contributed by atoms with van der Waals surface area (Å²) < 4.78 is 21.3. The molecule has 0 spiro atoms. The van der Waals surface area contributed by atoms with Crippen LogP contribution in [-0.2, 0) is 9.53 Å². The fourth-order valence-corrected chi connectivity index (χ4v) is 3.07. The molecule has 1 aromatic rings. The van der Waals surface area contributed by atoms with Crippen molar-refractivity contribution in [2.24, 2.45) is 0 Å². The standard InChI is InChI=1S/C15H20FNO2S/c1-3-19-14(18)15(16)8-10-17(11-9-15)20-13-6-4-12(2)5-7-13/h4-7H,3,8-11H2,1-2H3. The Bertz CT molecular complexity index is 455. The topological polar surface area (TPSA) is 29.5 Å². The maximum Gasteiger partial charge on any atom is 0.343 e. The van der Waals surface area contributed by atoms with Crippen molar-refractivity contribution in [3.05, 3.63) is 29.8 Å². The summed E-state index contributed by atoms with van der Waals surface area (Å²) in [5.74, 6) is -0.708. The van der Waals surface area contributed by atoms with Crippen LogP contribution in [0.15, 0.2) is 29.2 Å². The number of nitrogens with zero attached hydrogens (tertiary/aromatic N) is 1. The number of carbonyl (C=O) groups excluding carboxylic acids is 1. The lowest BCUT2D eigenvalue weighted by molar-refractivity contribution is -0.159. The molecular weight excluding hydrogens is 277 g/mol. The van der Waals surface area contributed by atoms with Gasteiger partial charge in [-0.3, -0.25) is 0 Å². The molecule has 1 fully saturated rings. The molecule has 0 amide bonds. The SMILES string of the molecule is CCOC(=O)C1(F)CCN(Sc2ccc(C)cc2)CC1. The highest BCUT2D eigenvalue weighted by Gasteiger charge is 2.43. The Kier molecular flexibility index (Phi) is 5.05. The minimum Gasteiger partial charge on any atom is -0.464 e. The van der Waals surface area contributed by atoms with Crippen LogP contribution in [0.25, 0.3) is 0 Å². The van der Waals surface area contributed by atoms with E-state index in [9.17, 15) is 9.18 Å². The molecule has 0 atom stereocenters. The van der Waals surface area contributed by atoms with Crippen molar-refractivity contribution in [3.8, 4) is 0 Å². The van der Waals surface area contributed by atoms with Crippen molar-refractivity contribution in [2.75, 3.05) is 19.7 Å². The number of benzene rings is 1. The second-order valence-corrected chi connectivity index (χ2v) is 6.19. The molecule has 1 aromatic carbocycles. The van der Waals surface area contributed by atoms with Gasteiger partial charge >= 0.3 is 5.97 Å². The van der Waals surface area contributed by atoms with Crippen LogP contribution in [0.2, 0.25) is 0 Å². The van der Waals surface area contributed by atoms with E-state index in [4.69, 9.17) is 4.74 Å². The first kappa shape index (κ1) is 15.3. The van der Waals surface area contributed by atoms with Gasteiger partial charge in [-0.2, -0.15) is 0 Å². The van der Waals surface area contributed by atoms with Crippen molar-refractivity contribution >= 4 is 17.9 Å². The molecule has 20 heavy (non-hydrogen) atoms. The summed E-state index contributed by atoms with van der Waals surface area (Å²) in [5.41, 5.74) is -0.585. The molecule has 0 bridgehead atoms. The number of hydrogen-bond acceptors (Lipinski definition) is 4. The maximum absolute atomic E-state index is 14.4. The maximum atomic E-state index is 14.4. The van der Waals surface area contributed by atoms with E-state index in [-0.39, 0.29) is 19.4 Å². The van der Waals surface area contributed by atoms with E-state index in [2.05, 4.69) is 28.6 Å². The van der Waals surface area contributed by atoms with Crippen LogP contribution in [0, 0.1) is 6.92 Å². The molecule has 2 rings (SSSR count). The van der Waals surface area contributed by atoms with Gasteiger partial charge in [0.1, 0.15) is 0 Å². The molecule has 0 radical (unpaired) electrons. The van der Waals surface area contributed by atoms with Crippen LogP contribution in [0.4, 0.5) is 4.39 Å². The van der Waals surface area contributed by atoms with E-state index >= 15 is 0 Å². The predicted octanol–water partition coefficient (Wildman–Crippen LogP) is 3.37. The summed E-state index contributed by atoms with van der Waals surface area (Å²) >= 11 is 1.61. The molecule has 0 N–H and O–H groups in total. The minimum atomic E-state index is -1.81. The summed E-state index contributed by atoms with van der Waals surface area (Å²) in [6, 6.07) is 8.24. The Morgan fingerprint density at radius 1 is 1.35 bits per heavy atom. The van der Waals surface area contributed by atoms with Gasteiger partial charge in [-0.25, -0.2) is 13.5 Å². The zero-order valence-electron chi connectivity index (χ0n) is 11.9. The van der Waals surface area contributed by atoms with Gasteiger partial charge in [-0.15, -0.1) is 0 Å². The van der Waals surface area contributed by atoms with Gasteiger partial charge in [-0.05, 0) is 37.9 Å². The second kappa shape index (κ2) is 6.59. The van der Waals surface area contributed by atoms with Crippen molar-refractivity contribution < 1.29 is 13.9 Å². The van der Waals surface area contributed by atoms with Crippen LogP contribution in [0.3, 0.4) is 0 Å². The molecule has 5 heteroatoms. The van der Waals surface area contributed by atoms with Crippen LogP contribution >= 0.6 is 11.9 Å². The first-order valence-electron chi connectivity index (χ1n) is 6.89. The third-order valence-electron chi connectivity index (χ3n) is 3.41. The minimum absolute atomic E-state index is 0.199. The van der Waals surface area contributed by atoms with Crippen LogP contribution in [0.5, 0.6) is 0 Å². The Morgan fingerprint density at radius 2 is 1.95 bits per heavy atom. The molecule has 110 valence electrons. The number of hydrogen-bond donors (Lipinski definition) is 0. The smallest absolute Gasteiger partial charge is 0.343 e. The highest BCUT2D eigenvalue weighted by molar-refractivity contribution is 7.97. The van der Waals surface area contributed by atoms with Gasteiger partial charge in [0.05, 0.1) is 6.61 Å². The van der Waals surface area contributed by atoms with Gasteiger partial charge in [0.2, 0.25) is 5.67 Å². The van der Waals surface area contributed by atoms with Crippen LogP contribution < -0.4 is 0 Å². The van der Waals surface area contributed by atoms with E-state index in [1.807, 2.05) is 6.92 Å². The van der Waals surface area contributed by atoms with Gasteiger partial charge in [0.15, 0.2) is 0 Å².